The van der Waals surface area contributed by atoms with Crippen molar-refractivity contribution in [1.82, 2.24) is 14.3 Å². The van der Waals surface area contributed by atoms with E-state index >= 15 is 0 Å². The molecule has 7 nitrogen and oxygen atoms in total. The van der Waals surface area contributed by atoms with Crippen molar-refractivity contribution in [2.75, 3.05) is 0 Å². The molecule has 0 fully saturated rings. The maximum absolute atomic E-state index is 15.0. The van der Waals surface area contributed by atoms with E-state index < -0.39 is 17.1 Å². The fraction of sp³-hybridized carbons (Fsp3) is 0.208. The maximum Gasteiger partial charge on any atom is 0.350 e. The summed E-state index contributed by atoms with van der Waals surface area (Å²) in [4.78, 5) is 25.1. The average Bonchev–Trinajstić information content (AvgIpc) is 3.09. The predicted octanol–water partition coefficient (Wildman–Crippen LogP) is 4.05. The third kappa shape index (κ3) is 3.92. The molecule has 0 radical (unpaired) electrons. The molecule has 0 atom stereocenters. The average molecular weight is 435 g/mol. The summed E-state index contributed by atoms with van der Waals surface area (Å²) in [6.45, 7) is 8.21. The molecule has 0 aliphatic heterocycles. The second kappa shape index (κ2) is 8.76. The summed E-state index contributed by atoms with van der Waals surface area (Å²) in [5, 5.41) is 4.83. The third-order valence-electron chi connectivity index (χ3n) is 5.17. The molecular formula is C24H22FN3O4. The minimum atomic E-state index is -0.761. The van der Waals surface area contributed by atoms with Gasteiger partial charge in [0.25, 0.3) is 0 Å². The molecule has 2 aromatic heterocycles. The van der Waals surface area contributed by atoms with Crippen LogP contribution in [-0.2, 0) is 24.5 Å². The van der Waals surface area contributed by atoms with Crippen molar-refractivity contribution in [3.8, 4) is 5.69 Å². The Morgan fingerprint density at radius 3 is 2.59 bits per heavy atom. The van der Waals surface area contributed by atoms with Crippen molar-refractivity contribution in [1.29, 1.82) is 0 Å². The van der Waals surface area contributed by atoms with Gasteiger partial charge >= 0.3 is 11.3 Å². The van der Waals surface area contributed by atoms with E-state index in [1.807, 2.05) is 30.3 Å². The van der Waals surface area contributed by atoms with Crippen molar-refractivity contribution in [3.05, 3.63) is 99.0 Å². The standard InChI is InChI=1S/C24H22FN3O4/c1-4-27-22(14-31-12-16-8-6-5-7-9-16)26-28(24(27)30)21-11-17-18(10-20(21)25)23(29)32-13-19(17)15(2)3/h5-11,13H,2,4,12,14H2,1,3H3. The highest BCUT2D eigenvalue weighted by Crippen LogP contribution is 2.26. The molecule has 32 heavy (non-hydrogen) atoms. The van der Waals surface area contributed by atoms with Crippen molar-refractivity contribution in [2.24, 2.45) is 0 Å². The van der Waals surface area contributed by atoms with E-state index in [-0.39, 0.29) is 17.7 Å². The first-order chi connectivity index (χ1) is 15.4. The Kier molecular flexibility index (Phi) is 5.87. The van der Waals surface area contributed by atoms with E-state index in [4.69, 9.17) is 9.15 Å². The predicted molar refractivity (Wildman–Crippen MR) is 119 cm³/mol. The monoisotopic (exact) mass is 435 g/mol. The SMILES string of the molecule is C=C(C)c1coc(=O)c2cc(F)c(-n3nc(COCc4ccccc4)n(CC)c3=O)cc12. The molecule has 0 bridgehead atoms. The molecule has 0 saturated heterocycles. The number of nitrogens with zero attached hydrogens (tertiary/aromatic N) is 3. The first-order valence-electron chi connectivity index (χ1n) is 10.1. The van der Waals surface area contributed by atoms with Crippen LogP contribution < -0.4 is 11.3 Å². The summed E-state index contributed by atoms with van der Waals surface area (Å²) in [6, 6.07) is 12.1. The molecule has 0 aliphatic carbocycles. The van der Waals surface area contributed by atoms with Crippen LogP contribution in [0.1, 0.15) is 30.8 Å². The summed E-state index contributed by atoms with van der Waals surface area (Å²) in [5.41, 5.74) is 0.949. The molecule has 2 heterocycles. The van der Waals surface area contributed by atoms with Crippen molar-refractivity contribution >= 4 is 16.3 Å². The van der Waals surface area contributed by atoms with Crippen molar-refractivity contribution in [3.63, 3.8) is 0 Å². The summed E-state index contributed by atoms with van der Waals surface area (Å²) >= 11 is 0. The van der Waals surface area contributed by atoms with Crippen LogP contribution in [0.4, 0.5) is 4.39 Å². The Labute approximate surface area is 183 Å². The second-order valence-electron chi connectivity index (χ2n) is 7.40. The van der Waals surface area contributed by atoms with Gasteiger partial charge in [-0.1, -0.05) is 36.9 Å². The molecule has 8 heteroatoms. The van der Waals surface area contributed by atoms with Gasteiger partial charge in [-0.3, -0.25) is 4.57 Å². The lowest BCUT2D eigenvalue weighted by molar-refractivity contribution is 0.0989. The van der Waals surface area contributed by atoms with Crippen molar-refractivity contribution < 1.29 is 13.5 Å². The second-order valence-corrected chi connectivity index (χ2v) is 7.40. The first kappa shape index (κ1) is 21.5. The first-order valence-corrected chi connectivity index (χ1v) is 10.1. The molecule has 4 aromatic rings. The van der Waals surface area contributed by atoms with Crippen LogP contribution in [0.25, 0.3) is 22.0 Å². The minimum absolute atomic E-state index is 0.0629. The van der Waals surface area contributed by atoms with Crippen LogP contribution in [0.2, 0.25) is 0 Å². The number of benzene rings is 2. The third-order valence-corrected chi connectivity index (χ3v) is 5.17. The highest BCUT2D eigenvalue weighted by Gasteiger charge is 2.19. The molecule has 4 rings (SSSR count). The van der Waals surface area contributed by atoms with E-state index in [0.29, 0.717) is 35.5 Å². The van der Waals surface area contributed by atoms with Crippen LogP contribution >= 0.6 is 0 Å². The smallest absolute Gasteiger partial charge is 0.350 e. The van der Waals surface area contributed by atoms with Crippen LogP contribution in [0.3, 0.4) is 0 Å². The Bertz CT molecular complexity index is 1420. The summed E-state index contributed by atoms with van der Waals surface area (Å²) in [5.74, 6) is -0.385. The lowest BCUT2D eigenvalue weighted by Crippen LogP contribution is -2.24. The number of hydrogen-bond donors (Lipinski definition) is 0. The Morgan fingerprint density at radius 1 is 1.16 bits per heavy atom. The van der Waals surface area contributed by atoms with E-state index in [9.17, 15) is 14.0 Å². The zero-order chi connectivity index (χ0) is 22.8. The van der Waals surface area contributed by atoms with Gasteiger partial charge < -0.3 is 9.15 Å². The summed E-state index contributed by atoms with van der Waals surface area (Å²) in [7, 11) is 0. The molecule has 164 valence electrons. The fourth-order valence-corrected chi connectivity index (χ4v) is 3.54. The van der Waals surface area contributed by atoms with Gasteiger partial charge in [0.1, 0.15) is 24.4 Å². The highest BCUT2D eigenvalue weighted by molar-refractivity contribution is 5.93. The number of ether oxygens (including phenoxy) is 1. The van der Waals surface area contributed by atoms with Gasteiger partial charge in [-0.2, -0.15) is 4.68 Å². The minimum Gasteiger partial charge on any atom is -0.430 e. The molecular weight excluding hydrogens is 413 g/mol. The van der Waals surface area contributed by atoms with Gasteiger partial charge in [-0.25, -0.2) is 14.0 Å². The van der Waals surface area contributed by atoms with Gasteiger partial charge in [-0.05, 0) is 37.1 Å². The zero-order valence-electron chi connectivity index (χ0n) is 17.8. The van der Waals surface area contributed by atoms with Gasteiger partial charge in [0.15, 0.2) is 5.82 Å². The number of fused-ring (bicyclic) bond motifs is 1. The fourth-order valence-electron chi connectivity index (χ4n) is 3.54. The molecule has 0 saturated carbocycles. The quantitative estimate of drug-likeness (QED) is 0.438. The summed E-state index contributed by atoms with van der Waals surface area (Å²) in [6.07, 6.45) is 1.28. The van der Waals surface area contributed by atoms with E-state index in [1.165, 1.54) is 16.9 Å². The normalized spacial score (nSPS) is 11.2. The largest absolute Gasteiger partial charge is 0.430 e. The Morgan fingerprint density at radius 2 is 1.91 bits per heavy atom. The number of rotatable bonds is 7. The number of hydrogen-bond acceptors (Lipinski definition) is 5. The maximum atomic E-state index is 15.0. The molecule has 2 aromatic carbocycles. The number of halogens is 1. The van der Waals surface area contributed by atoms with E-state index in [2.05, 4.69) is 11.7 Å². The zero-order valence-corrected chi connectivity index (χ0v) is 17.8. The number of aromatic nitrogens is 3. The lowest BCUT2D eigenvalue weighted by atomic mass is 10.0. The van der Waals surface area contributed by atoms with Crippen LogP contribution in [0.5, 0.6) is 0 Å². The molecule has 0 N–H and O–H groups in total. The Hall–Kier alpha value is -3.78. The van der Waals surface area contributed by atoms with Crippen LogP contribution in [0, 0.1) is 5.82 Å². The Balaban J connectivity index is 1.75. The van der Waals surface area contributed by atoms with Crippen LogP contribution in [0.15, 0.2) is 69.3 Å². The highest BCUT2D eigenvalue weighted by atomic mass is 19.1. The molecule has 0 amide bonds. The summed E-state index contributed by atoms with van der Waals surface area (Å²) < 4.78 is 28.1. The van der Waals surface area contributed by atoms with E-state index in [1.54, 1.807) is 13.8 Å². The van der Waals surface area contributed by atoms with Crippen molar-refractivity contribution in [2.45, 2.75) is 33.6 Å². The van der Waals surface area contributed by atoms with Gasteiger partial charge in [0.05, 0.1) is 12.0 Å². The lowest BCUT2D eigenvalue weighted by Gasteiger charge is -2.08. The van der Waals surface area contributed by atoms with E-state index in [0.717, 1.165) is 16.3 Å². The number of allylic oxidation sites excluding steroid dienone is 1. The topological polar surface area (TPSA) is 79.3 Å². The van der Waals surface area contributed by atoms with Crippen LogP contribution in [-0.4, -0.2) is 14.3 Å². The molecule has 0 spiro atoms. The van der Waals surface area contributed by atoms with Gasteiger partial charge in [-0.15, -0.1) is 5.10 Å². The molecule has 0 aliphatic rings. The van der Waals surface area contributed by atoms with Gasteiger partial charge in [0.2, 0.25) is 0 Å². The molecule has 0 unspecified atom stereocenters. The van der Waals surface area contributed by atoms with Gasteiger partial charge in [0, 0.05) is 17.5 Å².